The summed E-state index contributed by atoms with van der Waals surface area (Å²) in [5.41, 5.74) is 0.316. The van der Waals surface area contributed by atoms with Gasteiger partial charge in [-0.05, 0) is 30.3 Å². The largest absolute Gasteiger partial charge is 0.493 e. The molecule has 0 N–H and O–H groups in total. The van der Waals surface area contributed by atoms with Gasteiger partial charge in [0.1, 0.15) is 4.90 Å². The highest BCUT2D eigenvalue weighted by molar-refractivity contribution is 7.87. The number of nitrogens with zero attached hydrogens (tertiary/aromatic N) is 1. The molecule has 0 amide bonds. The summed E-state index contributed by atoms with van der Waals surface area (Å²) in [5.74, 6) is 0.0928. The van der Waals surface area contributed by atoms with Crippen molar-refractivity contribution in [1.29, 1.82) is 5.26 Å². The van der Waals surface area contributed by atoms with Crippen LogP contribution in [0.3, 0.4) is 0 Å². The maximum Gasteiger partial charge on any atom is 0.339 e. The van der Waals surface area contributed by atoms with Gasteiger partial charge in [-0.2, -0.15) is 13.7 Å². The molecule has 2 aromatic rings. The first kappa shape index (κ1) is 16.4. The summed E-state index contributed by atoms with van der Waals surface area (Å²) in [6.07, 6.45) is 0. The van der Waals surface area contributed by atoms with Gasteiger partial charge in [-0.15, -0.1) is 0 Å². The standard InChI is InChI=1S/C14H9Cl2NO4S/c1-20-14-6-9(8-17)2-5-13(14)21-22(18,19)10-3-4-11(15)12(16)7-10/h2-7H,1H3. The Kier molecular flexibility index (Phi) is 4.81. The van der Waals surface area contributed by atoms with Crippen LogP contribution in [0.2, 0.25) is 10.0 Å². The molecule has 2 aromatic carbocycles. The van der Waals surface area contributed by atoms with E-state index in [2.05, 4.69) is 0 Å². The molecule has 0 bridgehead atoms. The normalized spacial score (nSPS) is 10.8. The number of benzene rings is 2. The number of ether oxygens (including phenoxy) is 1. The van der Waals surface area contributed by atoms with Gasteiger partial charge in [-0.1, -0.05) is 23.2 Å². The fraction of sp³-hybridized carbons (Fsp3) is 0.0714. The summed E-state index contributed by atoms with van der Waals surface area (Å²) in [6.45, 7) is 0. The van der Waals surface area contributed by atoms with E-state index in [-0.39, 0.29) is 26.4 Å². The lowest BCUT2D eigenvalue weighted by Gasteiger charge is -2.11. The topological polar surface area (TPSA) is 76.4 Å². The Labute approximate surface area is 137 Å². The van der Waals surface area contributed by atoms with Gasteiger partial charge in [0.25, 0.3) is 0 Å². The van der Waals surface area contributed by atoms with Gasteiger partial charge < -0.3 is 8.92 Å². The van der Waals surface area contributed by atoms with Gasteiger partial charge in [0, 0.05) is 6.07 Å². The molecular formula is C14H9Cl2NO4S. The zero-order valence-electron chi connectivity index (χ0n) is 11.2. The summed E-state index contributed by atoms with van der Waals surface area (Å²) >= 11 is 11.6. The molecule has 0 aliphatic rings. The van der Waals surface area contributed by atoms with Crippen LogP contribution in [-0.4, -0.2) is 15.5 Å². The fourth-order valence-corrected chi connectivity index (χ4v) is 2.93. The highest BCUT2D eigenvalue weighted by Crippen LogP contribution is 2.32. The van der Waals surface area contributed by atoms with E-state index in [1.54, 1.807) is 0 Å². The molecule has 114 valence electrons. The molecule has 0 unspecified atom stereocenters. The molecular weight excluding hydrogens is 349 g/mol. The minimum atomic E-state index is -4.11. The first-order valence-corrected chi connectivity index (χ1v) is 8.01. The molecule has 0 atom stereocenters. The van der Waals surface area contributed by atoms with E-state index in [1.165, 1.54) is 43.5 Å². The molecule has 0 saturated carbocycles. The summed E-state index contributed by atoms with van der Waals surface area (Å²) in [6, 6.07) is 9.88. The third kappa shape index (κ3) is 3.45. The summed E-state index contributed by atoms with van der Waals surface area (Å²) in [7, 11) is -2.77. The van der Waals surface area contributed by atoms with E-state index >= 15 is 0 Å². The Bertz CT molecular complexity index is 860. The zero-order valence-corrected chi connectivity index (χ0v) is 13.5. The molecule has 0 aliphatic heterocycles. The van der Waals surface area contributed by atoms with Gasteiger partial charge in [0.05, 0.1) is 28.8 Å². The van der Waals surface area contributed by atoms with Crippen LogP contribution in [-0.2, 0) is 10.1 Å². The number of hydrogen-bond donors (Lipinski definition) is 0. The van der Waals surface area contributed by atoms with Gasteiger partial charge in [-0.25, -0.2) is 0 Å². The summed E-state index contributed by atoms with van der Waals surface area (Å²) < 4.78 is 34.6. The molecule has 2 rings (SSSR count). The quantitative estimate of drug-likeness (QED) is 0.780. The smallest absolute Gasteiger partial charge is 0.339 e. The van der Waals surface area contributed by atoms with Crippen molar-refractivity contribution in [3.63, 3.8) is 0 Å². The lowest BCUT2D eigenvalue weighted by molar-refractivity contribution is 0.390. The molecule has 8 heteroatoms. The Balaban J connectivity index is 2.40. The van der Waals surface area contributed by atoms with Crippen molar-refractivity contribution in [3.05, 3.63) is 52.0 Å². The average Bonchev–Trinajstić information content (AvgIpc) is 2.50. The third-order valence-electron chi connectivity index (χ3n) is 2.67. The van der Waals surface area contributed by atoms with E-state index in [0.29, 0.717) is 5.56 Å². The molecule has 5 nitrogen and oxygen atoms in total. The number of halogens is 2. The zero-order chi connectivity index (χ0) is 16.3. The lowest BCUT2D eigenvalue weighted by Crippen LogP contribution is -2.10. The number of rotatable bonds is 4. The van der Waals surface area contributed by atoms with Crippen molar-refractivity contribution in [2.75, 3.05) is 7.11 Å². The predicted molar refractivity (Wildman–Crippen MR) is 82.0 cm³/mol. The number of hydrogen-bond acceptors (Lipinski definition) is 5. The molecule has 0 spiro atoms. The summed E-state index contributed by atoms with van der Waals surface area (Å²) in [4.78, 5) is -0.145. The van der Waals surface area contributed by atoms with E-state index in [0.717, 1.165) is 0 Å². The first-order chi connectivity index (χ1) is 10.4. The maximum atomic E-state index is 12.2. The Morgan fingerprint density at radius 1 is 1.05 bits per heavy atom. The van der Waals surface area contributed by atoms with Gasteiger partial charge in [0.2, 0.25) is 0 Å². The van der Waals surface area contributed by atoms with Crippen LogP contribution in [0.5, 0.6) is 11.5 Å². The SMILES string of the molecule is COc1cc(C#N)ccc1OS(=O)(=O)c1ccc(Cl)c(Cl)c1. The minimum absolute atomic E-state index is 0.0347. The number of methoxy groups -OCH3 is 1. The maximum absolute atomic E-state index is 12.2. The van der Waals surface area contributed by atoms with Gasteiger partial charge in [-0.3, -0.25) is 0 Å². The van der Waals surface area contributed by atoms with E-state index in [4.69, 9.17) is 37.4 Å². The second-order valence-electron chi connectivity index (χ2n) is 4.09. The van der Waals surface area contributed by atoms with E-state index < -0.39 is 10.1 Å². The van der Waals surface area contributed by atoms with Crippen molar-refractivity contribution >= 4 is 33.3 Å². The Morgan fingerprint density at radius 2 is 1.77 bits per heavy atom. The van der Waals surface area contributed by atoms with E-state index in [9.17, 15) is 8.42 Å². The van der Waals surface area contributed by atoms with Crippen molar-refractivity contribution in [1.82, 2.24) is 0 Å². The average molecular weight is 358 g/mol. The van der Waals surface area contributed by atoms with Crippen molar-refractivity contribution in [2.45, 2.75) is 4.90 Å². The highest BCUT2D eigenvalue weighted by Gasteiger charge is 2.20. The predicted octanol–water partition coefficient (Wildman–Crippen LogP) is 3.64. The molecule has 0 heterocycles. The van der Waals surface area contributed by atoms with Gasteiger partial charge in [0.15, 0.2) is 11.5 Å². The Hall–Kier alpha value is -1.94. The second kappa shape index (κ2) is 6.44. The van der Waals surface area contributed by atoms with Crippen LogP contribution in [0, 0.1) is 11.3 Å². The lowest BCUT2D eigenvalue weighted by atomic mass is 10.2. The molecule has 0 aliphatic carbocycles. The van der Waals surface area contributed by atoms with Crippen molar-refractivity contribution in [2.24, 2.45) is 0 Å². The molecule has 0 radical (unpaired) electrons. The fourth-order valence-electron chi connectivity index (χ4n) is 1.60. The third-order valence-corrected chi connectivity index (χ3v) is 4.64. The summed E-state index contributed by atoms with van der Waals surface area (Å²) in [5, 5.41) is 9.15. The van der Waals surface area contributed by atoms with Crippen LogP contribution in [0.25, 0.3) is 0 Å². The van der Waals surface area contributed by atoms with Crippen LogP contribution in [0.1, 0.15) is 5.56 Å². The van der Waals surface area contributed by atoms with Crippen LogP contribution < -0.4 is 8.92 Å². The molecule has 0 fully saturated rings. The molecule has 22 heavy (non-hydrogen) atoms. The van der Waals surface area contributed by atoms with Gasteiger partial charge >= 0.3 is 10.1 Å². The van der Waals surface area contributed by atoms with Crippen molar-refractivity contribution < 1.29 is 17.3 Å². The van der Waals surface area contributed by atoms with Crippen LogP contribution >= 0.6 is 23.2 Å². The molecule has 0 saturated heterocycles. The van der Waals surface area contributed by atoms with Crippen LogP contribution in [0.4, 0.5) is 0 Å². The second-order valence-corrected chi connectivity index (χ2v) is 6.45. The first-order valence-electron chi connectivity index (χ1n) is 5.85. The Morgan fingerprint density at radius 3 is 2.36 bits per heavy atom. The number of nitriles is 1. The van der Waals surface area contributed by atoms with Crippen molar-refractivity contribution in [3.8, 4) is 17.6 Å². The minimum Gasteiger partial charge on any atom is -0.493 e. The molecule has 0 aromatic heterocycles. The van der Waals surface area contributed by atoms with Crippen LogP contribution in [0.15, 0.2) is 41.3 Å². The highest BCUT2D eigenvalue weighted by atomic mass is 35.5. The monoisotopic (exact) mass is 357 g/mol. The van der Waals surface area contributed by atoms with E-state index in [1.807, 2.05) is 6.07 Å².